The molecule has 130 heavy (non-hydrogen) atoms. The molecule has 27 rings (SSSR count). The summed E-state index contributed by atoms with van der Waals surface area (Å²) in [7, 11) is 3.75. The van der Waals surface area contributed by atoms with Crippen LogP contribution in [0.1, 0.15) is 26.3 Å². The minimum Gasteiger partial charge on any atom is -0.456 e. The van der Waals surface area contributed by atoms with Gasteiger partial charge in [-0.15, -0.1) is 0 Å². The Labute approximate surface area is 758 Å². The largest absolute Gasteiger partial charge is 0.456 e. The van der Waals surface area contributed by atoms with Gasteiger partial charge in [-0.1, -0.05) is 423 Å². The molecule has 0 atom stereocenters. The maximum absolute atomic E-state index is 6.37. The average molecular weight is 1670 g/mol. The molecule has 3 aromatic heterocycles. The third kappa shape index (κ3) is 13.2. The van der Waals surface area contributed by atoms with E-state index in [1.165, 1.54) is 230 Å². The average Bonchev–Trinajstić information content (AvgIpc) is 1.62. The fraction of sp³-hybridized carbons (Fsp3) is 0.0236. The highest BCUT2D eigenvalue weighted by molar-refractivity contribution is 6.28. The highest BCUT2D eigenvalue weighted by Crippen LogP contribution is 2.51. The van der Waals surface area contributed by atoms with Crippen molar-refractivity contribution in [2.75, 3.05) is 0 Å². The van der Waals surface area contributed by atoms with Gasteiger partial charge in [-0.3, -0.25) is 0 Å². The first kappa shape index (κ1) is 75.8. The van der Waals surface area contributed by atoms with Crippen LogP contribution in [0.5, 0.6) is 0 Å². The molecule has 0 aliphatic heterocycles. The number of hydrogen-bond donors (Lipinski definition) is 0. The van der Waals surface area contributed by atoms with Gasteiger partial charge in [0, 0.05) is 36.4 Å². The van der Waals surface area contributed by atoms with Gasteiger partial charge in [0.25, 0.3) is 0 Å². The van der Waals surface area contributed by atoms with Crippen LogP contribution in [-0.4, -0.2) is 0 Å². The first-order valence-electron chi connectivity index (χ1n) is 46.6. The second kappa shape index (κ2) is 32.7. The first-order valence-corrected chi connectivity index (χ1v) is 43.6. The lowest BCUT2D eigenvalue weighted by Gasteiger charge is -2.18. The second-order valence-electron chi connectivity index (χ2n) is 33.4. The van der Waals surface area contributed by atoms with Crippen LogP contribution in [0.25, 0.3) is 263 Å². The lowest BCUT2D eigenvalue weighted by atomic mass is 9.84. The predicted molar refractivity (Wildman–Crippen MR) is 560 cm³/mol. The van der Waals surface area contributed by atoms with E-state index in [-0.39, 0.29) is 0 Å². The Morgan fingerprint density at radius 2 is 0.369 bits per heavy atom. The van der Waals surface area contributed by atoms with E-state index < -0.39 is 0 Å². The Hall–Kier alpha value is -16.7. The Morgan fingerprint density at radius 1 is 0.131 bits per heavy atom. The van der Waals surface area contributed by atoms with Gasteiger partial charge in [-0.25, -0.2) is 0 Å². The van der Waals surface area contributed by atoms with Crippen molar-refractivity contribution in [3.05, 3.63) is 461 Å². The molecule has 0 bridgehead atoms. The van der Waals surface area contributed by atoms with E-state index in [0.29, 0.717) is 0 Å². The highest BCUT2D eigenvalue weighted by atomic mass is 16.3. The van der Waals surface area contributed by atoms with E-state index in [4.69, 9.17) is 17.4 Å². The van der Waals surface area contributed by atoms with E-state index in [9.17, 15) is 0 Å². The third-order valence-electron chi connectivity index (χ3n) is 26.3. The normalized spacial score (nSPS) is 11.7. The smallest absolute Gasteiger partial charge is 0.136 e. The minimum absolute atomic E-state index is 0.911. The topological polar surface area (TPSA) is 39.4 Å². The molecule has 0 unspecified atom stereocenters. The highest BCUT2D eigenvalue weighted by Gasteiger charge is 2.24. The van der Waals surface area contributed by atoms with Gasteiger partial charge in [0.1, 0.15) is 33.5 Å². The Kier molecular flexibility index (Phi) is 19.0. The van der Waals surface area contributed by atoms with Crippen LogP contribution in [0.3, 0.4) is 0 Å². The van der Waals surface area contributed by atoms with Crippen molar-refractivity contribution < 1.29 is 17.4 Å². The van der Waals surface area contributed by atoms with E-state index in [1.807, 2.05) is 0 Å². The van der Waals surface area contributed by atoms with E-state index >= 15 is 0 Å². The summed E-state index contributed by atoms with van der Waals surface area (Å²) in [5, 5.41) is 31.9. The summed E-state index contributed by atoms with van der Waals surface area (Å²) < 4.78 is 36.3. The first-order chi connectivity index (χ1) is 66.0. The SMILES string of the molecule is [2H]C.[2H]C.[2H]C.c1ccc(-c2c3ccccc3c(-c3ccc4oc5ccc6ccccc6c5c4c3)c3ccccc23)cc1.c1ccc(-c2ccc(-c3ccc(-c4c5ccccc5c(-c5ccc6oc7cc8ccccc8cc7c6c5)c5ccccc45)cc3)cc2)cc1.c1ccc2c(-c3c4ccccc4c(-c4ccc5oc6ccc7ccccc7c6c5c4)c4ccccc34)cccc2c1. The number of hydrogen-bond acceptors (Lipinski definition) is 3. The lowest BCUT2D eigenvalue weighted by Crippen LogP contribution is -1.91. The number of fused-ring (bicyclic) bond motifs is 21. The second-order valence-corrected chi connectivity index (χ2v) is 33.4. The van der Waals surface area contributed by atoms with Crippen molar-refractivity contribution in [2.24, 2.45) is 0 Å². The molecule has 0 amide bonds. The van der Waals surface area contributed by atoms with Gasteiger partial charge in [-0.05, 0) is 257 Å². The summed E-state index contributed by atoms with van der Waals surface area (Å²) in [6, 6.07) is 166. The molecule has 3 heterocycles. The van der Waals surface area contributed by atoms with Crippen LogP contribution >= 0.6 is 0 Å². The molecule has 0 radical (unpaired) electrons. The van der Waals surface area contributed by atoms with Gasteiger partial charge in [0.15, 0.2) is 0 Å². The van der Waals surface area contributed by atoms with Crippen LogP contribution in [0.15, 0.2) is 474 Å². The van der Waals surface area contributed by atoms with Crippen LogP contribution in [0.2, 0.25) is 0 Å². The predicted octanol–water partition coefficient (Wildman–Crippen LogP) is 37.5. The van der Waals surface area contributed by atoms with Gasteiger partial charge in [-0.2, -0.15) is 0 Å². The number of benzene rings is 24. The lowest BCUT2D eigenvalue weighted by molar-refractivity contribution is 0.669. The summed E-state index contributed by atoms with van der Waals surface area (Å²) in [6.45, 7) is 0. The van der Waals surface area contributed by atoms with Crippen molar-refractivity contribution in [3.8, 4) is 89.0 Å². The van der Waals surface area contributed by atoms with Gasteiger partial charge in [0.05, 0.1) is 0 Å². The van der Waals surface area contributed by atoms with Crippen molar-refractivity contribution in [1.29, 1.82) is 0 Å². The molecule has 0 aliphatic rings. The summed E-state index contributed by atoms with van der Waals surface area (Å²) in [5.41, 5.74) is 25.4. The van der Waals surface area contributed by atoms with E-state index in [1.54, 1.807) is 0 Å². The summed E-state index contributed by atoms with van der Waals surface area (Å²) in [5.74, 6) is 0. The van der Waals surface area contributed by atoms with Crippen LogP contribution < -0.4 is 0 Å². The molecule has 27 aromatic rings. The maximum atomic E-state index is 6.37. The Balaban J connectivity index is 0.000000114. The number of rotatable bonds is 8. The molecule has 0 spiro atoms. The molecule has 614 valence electrons. The fourth-order valence-corrected chi connectivity index (χ4v) is 20.6. The summed E-state index contributed by atoms with van der Waals surface area (Å²) >= 11 is 0. The maximum Gasteiger partial charge on any atom is 0.136 e. The van der Waals surface area contributed by atoms with Gasteiger partial charge >= 0.3 is 0 Å². The fourth-order valence-electron chi connectivity index (χ4n) is 20.6. The van der Waals surface area contributed by atoms with Crippen molar-refractivity contribution in [2.45, 2.75) is 22.2 Å². The van der Waals surface area contributed by atoms with Gasteiger partial charge < -0.3 is 13.3 Å². The zero-order chi connectivity index (χ0) is 89.6. The van der Waals surface area contributed by atoms with Crippen LogP contribution in [0.4, 0.5) is 0 Å². The molecular weight excluding hydrogens is 1570 g/mol. The molecule has 0 saturated carbocycles. The van der Waals surface area contributed by atoms with Gasteiger partial charge in [0.2, 0.25) is 0 Å². The van der Waals surface area contributed by atoms with E-state index in [2.05, 4.69) is 461 Å². The summed E-state index contributed by atoms with van der Waals surface area (Å²) in [6.07, 6.45) is 0. The minimum atomic E-state index is 0.911. The molecule has 0 saturated heterocycles. The molecule has 0 fully saturated rings. The Bertz CT molecular complexity index is 8970. The van der Waals surface area contributed by atoms with Crippen molar-refractivity contribution >= 4 is 174 Å². The molecule has 0 N–H and O–H groups in total. The summed E-state index contributed by atoms with van der Waals surface area (Å²) in [4.78, 5) is 0. The van der Waals surface area contributed by atoms with Crippen LogP contribution in [-0.2, 0) is 0 Å². The molecule has 0 aliphatic carbocycles. The quantitative estimate of drug-likeness (QED) is 0.142. The zero-order valence-corrected chi connectivity index (χ0v) is 72.1. The number of furan rings is 3. The standard InChI is InChI=1S/C48H30O.C40H24O.C36H22O.3CH4/c1-2-10-31(11-3-1)32-18-20-33(21-19-32)34-22-24-35(25-23-34)47-39-14-6-8-16-41(39)48(42-17-9-7-15-40(42)47)38-26-27-45-43(29-38)44-28-36-12-4-5-13-37(36)30-46(44)49-45;1-3-13-28-25(10-1)12-9-19-30(28)39-33-17-7-5-15-31(33)38(32-16-6-8-18-34(32)39)27-21-22-36-35(24-27)40-29-14-4-2-11-26(29)20-23-37(40)41-36;1-2-11-24(12-3-1)34-27-14-6-8-16-29(27)35(30-17-9-7-15-28(30)34)25-19-20-32-31(22-25)36-26-13-5-4-10-23(26)18-21-33(36)37-32;;;/h1-30H;1-24H;1-22H;3*1H4/i;;;3*1D. The molecule has 3 nitrogen and oxygen atoms in total. The molecule has 24 aromatic carbocycles. The van der Waals surface area contributed by atoms with Crippen LogP contribution in [0, 0.1) is 0 Å². The zero-order valence-electron chi connectivity index (χ0n) is 75.1. The Morgan fingerprint density at radius 3 is 0.762 bits per heavy atom. The third-order valence-corrected chi connectivity index (χ3v) is 26.3. The monoisotopic (exact) mass is 1660 g/mol. The van der Waals surface area contributed by atoms with Crippen molar-refractivity contribution in [1.82, 2.24) is 0 Å². The molecule has 3 heteroatoms. The molecular formula is C127H88O3. The van der Waals surface area contributed by atoms with E-state index in [0.717, 1.165) is 55.0 Å². The van der Waals surface area contributed by atoms with Crippen molar-refractivity contribution in [3.63, 3.8) is 0 Å².